The Morgan fingerprint density at radius 1 is 0.574 bits per heavy atom. The second-order valence-corrected chi connectivity index (χ2v) is 12.0. The molecule has 4 N–H and O–H groups in total. The molecule has 4 aromatic rings. The number of benzene rings is 4. The molecule has 6 nitrogen and oxygen atoms in total. The van der Waals surface area contributed by atoms with Gasteiger partial charge in [0.15, 0.2) is 10.2 Å². The van der Waals surface area contributed by atoms with Gasteiger partial charge in [0, 0.05) is 48.9 Å². The van der Waals surface area contributed by atoms with E-state index in [0.29, 0.717) is 34.7 Å². The van der Waals surface area contributed by atoms with Crippen molar-refractivity contribution in [2.45, 2.75) is 38.5 Å². The number of rotatable bonds is 6. The predicted molar refractivity (Wildman–Crippen MR) is 179 cm³/mol. The summed E-state index contributed by atoms with van der Waals surface area (Å²) in [7, 11) is 0. The zero-order valence-electron chi connectivity index (χ0n) is 24.6. The van der Waals surface area contributed by atoms with E-state index in [1.807, 2.05) is 12.1 Å². The largest absolute Gasteiger partial charge is 0.416 e. The first-order valence-corrected chi connectivity index (χ1v) is 15.3. The molecule has 47 heavy (non-hydrogen) atoms. The number of halogens is 6. The lowest BCUT2D eigenvalue weighted by molar-refractivity contribution is -0.138. The molecule has 2 aliphatic heterocycles. The topological polar surface area (TPSA) is 54.6 Å². The molecule has 0 aliphatic carbocycles. The van der Waals surface area contributed by atoms with Gasteiger partial charge in [0.1, 0.15) is 0 Å². The van der Waals surface area contributed by atoms with Crippen LogP contribution in [0.5, 0.6) is 0 Å². The van der Waals surface area contributed by atoms with Crippen molar-refractivity contribution in [1.29, 1.82) is 0 Å². The van der Waals surface area contributed by atoms with Crippen LogP contribution in [0.3, 0.4) is 0 Å². The van der Waals surface area contributed by atoms with Crippen LogP contribution in [0.4, 0.5) is 49.1 Å². The van der Waals surface area contributed by atoms with Crippen molar-refractivity contribution in [3.05, 3.63) is 118 Å². The molecular weight excluding hydrogens is 659 g/mol. The molecule has 0 radical (unpaired) electrons. The van der Waals surface area contributed by atoms with Crippen molar-refractivity contribution < 1.29 is 26.3 Å². The molecule has 6 rings (SSSR count). The van der Waals surface area contributed by atoms with E-state index >= 15 is 0 Å². The molecule has 0 saturated heterocycles. The smallest absolute Gasteiger partial charge is 0.358 e. The summed E-state index contributed by atoms with van der Waals surface area (Å²) in [6.07, 6.45) is -8.79. The highest BCUT2D eigenvalue weighted by molar-refractivity contribution is 7.80. The first-order valence-electron chi connectivity index (χ1n) is 14.5. The molecule has 244 valence electrons. The van der Waals surface area contributed by atoms with Crippen LogP contribution in [0.15, 0.2) is 84.9 Å². The summed E-state index contributed by atoms with van der Waals surface area (Å²) in [5, 5.41) is 12.7. The molecule has 4 aromatic carbocycles. The molecule has 14 heteroatoms. The van der Waals surface area contributed by atoms with Gasteiger partial charge in [0.2, 0.25) is 0 Å². The number of thiocarbonyl (C=S) groups is 2. The second kappa shape index (κ2) is 12.9. The third-order valence-electron chi connectivity index (χ3n) is 7.88. The molecule has 0 amide bonds. The fourth-order valence-electron chi connectivity index (χ4n) is 5.61. The monoisotopic (exact) mass is 686 g/mol. The maximum Gasteiger partial charge on any atom is 0.416 e. The molecule has 0 spiro atoms. The van der Waals surface area contributed by atoms with Gasteiger partial charge in [-0.2, -0.15) is 26.3 Å². The number of alkyl halides is 6. The Labute approximate surface area is 277 Å². The third-order valence-corrected chi connectivity index (χ3v) is 8.37. The van der Waals surface area contributed by atoms with Gasteiger partial charge in [0.25, 0.3) is 0 Å². The molecule has 0 aromatic heterocycles. The molecule has 2 heterocycles. The molecule has 2 bridgehead atoms. The van der Waals surface area contributed by atoms with Crippen LogP contribution in [-0.4, -0.2) is 16.9 Å². The Morgan fingerprint density at radius 2 is 0.957 bits per heavy atom. The van der Waals surface area contributed by atoms with E-state index in [4.69, 9.17) is 24.4 Å². The first-order chi connectivity index (χ1) is 22.3. The van der Waals surface area contributed by atoms with Crippen molar-refractivity contribution in [1.82, 2.24) is 10.6 Å². The number of nitrogens with one attached hydrogen (secondary N) is 4. The average molecular weight is 687 g/mol. The quantitative estimate of drug-likeness (QED) is 0.120. The maximum atomic E-state index is 12.8. The van der Waals surface area contributed by atoms with E-state index in [-0.39, 0.29) is 0 Å². The summed E-state index contributed by atoms with van der Waals surface area (Å²) in [4.78, 5) is 4.62. The first kappa shape index (κ1) is 32.4. The van der Waals surface area contributed by atoms with E-state index in [0.717, 1.165) is 66.5 Å². The lowest BCUT2D eigenvalue weighted by atomic mass is 9.98. The van der Waals surface area contributed by atoms with Gasteiger partial charge >= 0.3 is 12.4 Å². The lowest BCUT2D eigenvalue weighted by Gasteiger charge is -2.45. The van der Waals surface area contributed by atoms with Gasteiger partial charge in [-0.3, -0.25) is 0 Å². The van der Waals surface area contributed by atoms with Crippen LogP contribution in [0, 0.1) is 0 Å². The fraction of sp³-hybridized carbons (Fsp3) is 0.212. The minimum Gasteiger partial charge on any atom is -0.358 e. The van der Waals surface area contributed by atoms with Crippen LogP contribution in [-0.2, 0) is 38.5 Å². The molecule has 2 aliphatic rings. The molecule has 0 unspecified atom stereocenters. The Bertz CT molecular complexity index is 1660. The second-order valence-electron chi connectivity index (χ2n) is 11.2. The molecule has 0 atom stereocenters. The van der Waals surface area contributed by atoms with Crippen LogP contribution >= 0.6 is 24.4 Å². The average Bonchev–Trinajstić information content (AvgIpc) is 3.02. The summed E-state index contributed by atoms with van der Waals surface area (Å²) in [5.41, 5.74) is 6.16. The number of fused-ring (bicyclic) bond motifs is 6. The van der Waals surface area contributed by atoms with Gasteiger partial charge < -0.3 is 31.1 Å². The number of hydrogen-bond donors (Lipinski definition) is 4. The van der Waals surface area contributed by atoms with Crippen molar-refractivity contribution in [3.63, 3.8) is 0 Å². The summed E-state index contributed by atoms with van der Waals surface area (Å²) >= 11 is 10.7. The van der Waals surface area contributed by atoms with Gasteiger partial charge in [0.05, 0.1) is 17.8 Å². The maximum absolute atomic E-state index is 12.8. The normalized spacial score (nSPS) is 13.7. The van der Waals surface area contributed by atoms with E-state index in [1.54, 1.807) is 0 Å². The minimum atomic E-state index is -4.39. The zero-order chi connectivity index (χ0) is 33.3. The van der Waals surface area contributed by atoms with Gasteiger partial charge in [-0.15, -0.1) is 0 Å². The summed E-state index contributed by atoms with van der Waals surface area (Å²) in [6, 6.07) is 21.9. The highest BCUT2D eigenvalue weighted by Gasteiger charge is 2.31. The van der Waals surface area contributed by atoms with Crippen molar-refractivity contribution in [3.8, 4) is 0 Å². The molecular formula is C33H28F6N6S2. The summed E-state index contributed by atoms with van der Waals surface area (Å²) in [6.45, 7) is 3.10. The fourth-order valence-corrected chi connectivity index (χ4v) is 5.99. The van der Waals surface area contributed by atoms with Crippen LogP contribution in [0.25, 0.3) is 0 Å². The predicted octanol–water partition coefficient (Wildman–Crippen LogP) is 8.00. The van der Waals surface area contributed by atoms with Crippen molar-refractivity contribution in [2.75, 3.05) is 27.1 Å². The number of nitrogens with zero attached hydrogens (tertiary/aromatic N) is 2. The summed E-state index contributed by atoms with van der Waals surface area (Å²) < 4.78 is 76.9. The van der Waals surface area contributed by atoms with E-state index < -0.39 is 23.5 Å². The van der Waals surface area contributed by atoms with E-state index in [1.165, 1.54) is 35.4 Å². The van der Waals surface area contributed by atoms with Gasteiger partial charge in [-0.25, -0.2) is 0 Å². The van der Waals surface area contributed by atoms with Gasteiger partial charge in [-0.05, 0) is 107 Å². The molecule has 0 saturated carbocycles. The lowest BCUT2D eigenvalue weighted by Crippen LogP contribution is -2.46. The standard InChI is InChI=1S/C33H28F6N6S2/c34-32(35,36)24-3-7-26(8-4-24)42-30(46)40-15-20-1-11-28-22(13-20)17-45-19-44(28)18-23-14-21(2-12-29(23)45)16-41-31(47)43-27-9-5-25(6-10-27)33(37,38)39/h1-14H,15-19H2,(H2,40,42,46)(H2,41,43,47). The highest BCUT2D eigenvalue weighted by atomic mass is 32.1. The van der Waals surface area contributed by atoms with Crippen molar-refractivity contribution >= 4 is 57.4 Å². The SMILES string of the molecule is FC(F)(F)c1ccc(NC(=S)NCc2ccc3c(c2)CN2CN3Cc3cc(CNC(=S)Nc4ccc(C(F)(F)F)cc4)ccc32)cc1. The van der Waals surface area contributed by atoms with Crippen molar-refractivity contribution in [2.24, 2.45) is 0 Å². The summed E-state index contributed by atoms with van der Waals surface area (Å²) in [5.74, 6) is 0. The third kappa shape index (κ3) is 7.71. The number of anilines is 4. The van der Waals surface area contributed by atoms with Crippen LogP contribution in [0.1, 0.15) is 33.4 Å². The van der Waals surface area contributed by atoms with Crippen LogP contribution < -0.4 is 31.1 Å². The molecule has 0 fully saturated rings. The van der Waals surface area contributed by atoms with Gasteiger partial charge in [-0.1, -0.05) is 24.3 Å². The Kier molecular flexibility index (Phi) is 8.90. The zero-order valence-corrected chi connectivity index (χ0v) is 26.2. The highest BCUT2D eigenvalue weighted by Crippen LogP contribution is 2.39. The minimum absolute atomic E-state index is 0.308. The van der Waals surface area contributed by atoms with E-state index in [2.05, 4.69) is 55.3 Å². The Balaban J connectivity index is 1.03. The number of hydrogen-bond acceptors (Lipinski definition) is 4. The Hall–Kier alpha value is -4.56. The van der Waals surface area contributed by atoms with E-state index in [9.17, 15) is 26.3 Å². The Morgan fingerprint density at radius 3 is 1.32 bits per heavy atom. The van der Waals surface area contributed by atoms with Crippen LogP contribution in [0.2, 0.25) is 0 Å².